The molecule has 0 unspecified atom stereocenters. The Balaban J connectivity index is 2.97. The lowest BCUT2D eigenvalue weighted by atomic mass is 10.2. The van der Waals surface area contributed by atoms with Crippen LogP contribution in [0.4, 0.5) is 0 Å². The van der Waals surface area contributed by atoms with E-state index in [0.717, 1.165) is 23.0 Å². The molecule has 78 valence electrons. The van der Waals surface area contributed by atoms with Crippen LogP contribution in [0.1, 0.15) is 24.7 Å². The summed E-state index contributed by atoms with van der Waals surface area (Å²) in [7, 11) is 1.83. The number of nitrogens with zero attached hydrogens (tertiary/aromatic N) is 2. The summed E-state index contributed by atoms with van der Waals surface area (Å²) in [5, 5.41) is 12.8. The zero-order chi connectivity index (χ0) is 10.7. The molecule has 0 saturated carbocycles. The number of carbonyl (C=O) groups is 1. The van der Waals surface area contributed by atoms with E-state index >= 15 is 0 Å². The molecule has 5 heteroatoms. The zero-order valence-corrected chi connectivity index (χ0v) is 9.84. The van der Waals surface area contributed by atoms with Gasteiger partial charge in [-0.15, -0.1) is 0 Å². The van der Waals surface area contributed by atoms with E-state index in [9.17, 15) is 4.79 Å². The van der Waals surface area contributed by atoms with Crippen molar-refractivity contribution in [3.05, 3.63) is 15.9 Å². The highest BCUT2D eigenvalue weighted by molar-refractivity contribution is 9.10. The predicted octanol–water partition coefficient (Wildman–Crippen LogP) is 1.76. The minimum Gasteiger partial charge on any atom is -0.481 e. The van der Waals surface area contributed by atoms with Crippen molar-refractivity contribution in [1.82, 2.24) is 9.78 Å². The summed E-state index contributed by atoms with van der Waals surface area (Å²) in [4.78, 5) is 10.5. The number of hydrogen-bond acceptors (Lipinski definition) is 2. The third-order valence-electron chi connectivity index (χ3n) is 1.97. The van der Waals surface area contributed by atoms with Gasteiger partial charge in [-0.25, -0.2) is 0 Å². The van der Waals surface area contributed by atoms with Gasteiger partial charge in [0.2, 0.25) is 0 Å². The molecule has 0 amide bonds. The molecule has 1 N–H and O–H groups in total. The van der Waals surface area contributed by atoms with Gasteiger partial charge in [0.1, 0.15) is 0 Å². The molecule has 0 saturated heterocycles. The number of carboxylic acid groups (broad SMARTS) is 1. The van der Waals surface area contributed by atoms with Crippen molar-refractivity contribution in [2.24, 2.45) is 7.05 Å². The molecular formula is C9H13BrN2O2. The first-order valence-corrected chi connectivity index (χ1v) is 5.27. The van der Waals surface area contributed by atoms with Gasteiger partial charge in [-0.2, -0.15) is 5.10 Å². The van der Waals surface area contributed by atoms with Gasteiger partial charge in [-0.05, 0) is 22.4 Å². The van der Waals surface area contributed by atoms with Crippen molar-refractivity contribution in [2.45, 2.75) is 26.2 Å². The van der Waals surface area contributed by atoms with Gasteiger partial charge in [0.05, 0.1) is 22.3 Å². The third-order valence-corrected chi connectivity index (χ3v) is 2.89. The normalized spacial score (nSPS) is 10.5. The van der Waals surface area contributed by atoms with E-state index in [-0.39, 0.29) is 6.42 Å². The first kappa shape index (κ1) is 11.2. The number of aliphatic carboxylic acids is 1. The zero-order valence-electron chi connectivity index (χ0n) is 8.25. The van der Waals surface area contributed by atoms with Gasteiger partial charge >= 0.3 is 5.97 Å². The van der Waals surface area contributed by atoms with Gasteiger partial charge in [-0.3, -0.25) is 9.48 Å². The van der Waals surface area contributed by atoms with Crippen LogP contribution >= 0.6 is 15.9 Å². The largest absolute Gasteiger partial charge is 0.481 e. The maximum absolute atomic E-state index is 10.5. The number of aryl methyl sites for hydroxylation is 1. The minimum atomic E-state index is -0.855. The Hall–Kier alpha value is -0.840. The highest BCUT2D eigenvalue weighted by Gasteiger charge is 2.14. The van der Waals surface area contributed by atoms with Gasteiger partial charge < -0.3 is 5.11 Å². The van der Waals surface area contributed by atoms with Crippen LogP contribution < -0.4 is 0 Å². The van der Waals surface area contributed by atoms with Crippen molar-refractivity contribution in [2.75, 3.05) is 0 Å². The third kappa shape index (κ3) is 2.35. The second-order valence-electron chi connectivity index (χ2n) is 3.15. The van der Waals surface area contributed by atoms with Crippen molar-refractivity contribution >= 4 is 21.9 Å². The van der Waals surface area contributed by atoms with Crippen LogP contribution in [-0.2, 0) is 24.7 Å². The summed E-state index contributed by atoms with van der Waals surface area (Å²) in [5.41, 5.74) is 1.66. The average Bonchev–Trinajstić information content (AvgIpc) is 2.32. The molecular weight excluding hydrogens is 248 g/mol. The average molecular weight is 261 g/mol. The molecule has 0 aromatic carbocycles. The number of hydrogen-bond donors (Lipinski definition) is 1. The SMILES string of the molecule is CCCc1c(Br)c(CC(=O)O)nn1C. The highest BCUT2D eigenvalue weighted by atomic mass is 79.9. The Morgan fingerprint density at radius 2 is 2.29 bits per heavy atom. The van der Waals surface area contributed by atoms with Crippen LogP contribution in [0.5, 0.6) is 0 Å². The minimum absolute atomic E-state index is 0.0296. The van der Waals surface area contributed by atoms with Gasteiger partial charge in [-0.1, -0.05) is 13.3 Å². The Bertz CT molecular complexity index is 347. The van der Waals surface area contributed by atoms with Crippen molar-refractivity contribution < 1.29 is 9.90 Å². The molecule has 1 aromatic heterocycles. The number of aromatic nitrogens is 2. The Kier molecular flexibility index (Phi) is 3.69. The van der Waals surface area contributed by atoms with E-state index in [1.807, 2.05) is 7.05 Å². The van der Waals surface area contributed by atoms with Gasteiger partial charge in [0.15, 0.2) is 0 Å². The molecule has 0 spiro atoms. The lowest BCUT2D eigenvalue weighted by Crippen LogP contribution is -2.02. The quantitative estimate of drug-likeness (QED) is 0.898. The Labute approximate surface area is 91.1 Å². The second-order valence-corrected chi connectivity index (χ2v) is 3.94. The first-order valence-electron chi connectivity index (χ1n) is 4.48. The van der Waals surface area contributed by atoms with Crippen molar-refractivity contribution in [3.8, 4) is 0 Å². The van der Waals surface area contributed by atoms with E-state index < -0.39 is 5.97 Å². The summed E-state index contributed by atoms with van der Waals surface area (Å²) in [5.74, 6) is -0.855. The van der Waals surface area contributed by atoms with Crippen molar-refractivity contribution in [3.63, 3.8) is 0 Å². The Morgan fingerprint density at radius 1 is 1.64 bits per heavy atom. The summed E-state index contributed by atoms with van der Waals surface area (Å²) < 4.78 is 2.58. The molecule has 0 aliphatic rings. The molecule has 0 radical (unpaired) electrons. The number of rotatable bonds is 4. The highest BCUT2D eigenvalue weighted by Crippen LogP contribution is 2.22. The van der Waals surface area contributed by atoms with Crippen LogP contribution in [0.25, 0.3) is 0 Å². The van der Waals surface area contributed by atoms with Crippen LogP contribution in [-0.4, -0.2) is 20.9 Å². The fourth-order valence-electron chi connectivity index (χ4n) is 1.36. The lowest BCUT2D eigenvalue weighted by molar-refractivity contribution is -0.136. The van der Waals surface area contributed by atoms with Crippen LogP contribution in [0.3, 0.4) is 0 Å². The predicted molar refractivity (Wildman–Crippen MR) is 56.2 cm³/mol. The summed E-state index contributed by atoms with van der Waals surface area (Å²) >= 11 is 3.38. The van der Waals surface area contributed by atoms with Gasteiger partial charge in [0.25, 0.3) is 0 Å². The molecule has 0 aliphatic heterocycles. The molecule has 14 heavy (non-hydrogen) atoms. The standard InChI is InChI=1S/C9H13BrN2O2/c1-3-4-7-9(10)6(5-8(13)14)11-12(7)2/h3-5H2,1-2H3,(H,13,14). The maximum atomic E-state index is 10.5. The number of carboxylic acids is 1. The molecule has 1 rings (SSSR count). The van der Waals surface area contributed by atoms with E-state index in [2.05, 4.69) is 28.0 Å². The fraction of sp³-hybridized carbons (Fsp3) is 0.556. The topological polar surface area (TPSA) is 55.1 Å². The van der Waals surface area contributed by atoms with E-state index in [1.165, 1.54) is 0 Å². The van der Waals surface area contributed by atoms with Gasteiger partial charge in [0, 0.05) is 7.05 Å². The monoisotopic (exact) mass is 260 g/mol. The molecule has 0 aliphatic carbocycles. The lowest BCUT2D eigenvalue weighted by Gasteiger charge is -1.98. The second kappa shape index (κ2) is 4.59. The molecule has 0 fully saturated rings. The summed E-state index contributed by atoms with van der Waals surface area (Å²) in [6.07, 6.45) is 1.90. The first-order chi connectivity index (χ1) is 6.56. The molecule has 1 aromatic rings. The van der Waals surface area contributed by atoms with E-state index in [1.54, 1.807) is 4.68 Å². The van der Waals surface area contributed by atoms with Crippen LogP contribution in [0, 0.1) is 0 Å². The molecule has 4 nitrogen and oxygen atoms in total. The molecule has 0 bridgehead atoms. The van der Waals surface area contributed by atoms with Crippen LogP contribution in [0.15, 0.2) is 4.47 Å². The number of halogens is 1. The molecule has 0 atom stereocenters. The van der Waals surface area contributed by atoms with E-state index in [4.69, 9.17) is 5.11 Å². The Morgan fingerprint density at radius 3 is 2.79 bits per heavy atom. The maximum Gasteiger partial charge on any atom is 0.309 e. The van der Waals surface area contributed by atoms with Crippen molar-refractivity contribution in [1.29, 1.82) is 0 Å². The summed E-state index contributed by atoms with van der Waals surface area (Å²) in [6.45, 7) is 2.08. The van der Waals surface area contributed by atoms with E-state index in [0.29, 0.717) is 5.69 Å². The fourth-order valence-corrected chi connectivity index (χ4v) is 2.03. The summed E-state index contributed by atoms with van der Waals surface area (Å²) in [6, 6.07) is 0. The molecule has 1 heterocycles. The smallest absolute Gasteiger partial charge is 0.309 e. The van der Waals surface area contributed by atoms with Crippen LogP contribution in [0.2, 0.25) is 0 Å².